The molecule has 0 spiro atoms. The Morgan fingerprint density at radius 3 is 2.68 bits per heavy atom. The second-order valence-electron chi connectivity index (χ2n) is 4.79. The maximum atomic E-state index is 12.2. The molecule has 0 aliphatic heterocycles. The molecule has 1 amide bonds. The lowest BCUT2D eigenvalue weighted by Crippen LogP contribution is -2.14. The number of para-hydroxylation sites is 1. The first-order valence-electron chi connectivity index (χ1n) is 6.68. The van der Waals surface area contributed by atoms with Crippen LogP contribution < -0.4 is 5.32 Å². The van der Waals surface area contributed by atoms with Crippen molar-refractivity contribution in [1.82, 2.24) is 14.8 Å². The standard InChI is InChI=1S/C16H13ClN4O/c1-11-7-8-14(13(17)9-11)19-16(22)15-18-10-21(20-15)12-5-3-2-4-6-12/h2-10H,1H3,(H,19,22). The van der Waals surface area contributed by atoms with E-state index in [-0.39, 0.29) is 5.82 Å². The number of carbonyl (C=O) groups is 1. The van der Waals surface area contributed by atoms with Crippen molar-refractivity contribution >= 4 is 23.2 Å². The summed E-state index contributed by atoms with van der Waals surface area (Å²) < 4.78 is 1.55. The third-order valence-corrected chi connectivity index (χ3v) is 3.40. The minimum atomic E-state index is -0.402. The molecule has 3 aromatic rings. The van der Waals surface area contributed by atoms with Crippen LogP contribution in [0.3, 0.4) is 0 Å². The summed E-state index contributed by atoms with van der Waals surface area (Å²) >= 11 is 6.10. The van der Waals surface area contributed by atoms with Crippen molar-refractivity contribution in [2.45, 2.75) is 6.92 Å². The number of hydrogen-bond donors (Lipinski definition) is 1. The molecule has 0 radical (unpaired) electrons. The van der Waals surface area contributed by atoms with Gasteiger partial charge in [0.25, 0.3) is 5.91 Å². The molecule has 1 heterocycles. The van der Waals surface area contributed by atoms with Gasteiger partial charge in [0.1, 0.15) is 6.33 Å². The molecule has 2 aromatic carbocycles. The molecular weight excluding hydrogens is 300 g/mol. The number of halogens is 1. The van der Waals surface area contributed by atoms with Crippen LogP contribution in [-0.2, 0) is 0 Å². The smallest absolute Gasteiger partial charge is 0.295 e. The summed E-state index contributed by atoms with van der Waals surface area (Å²) in [7, 11) is 0. The zero-order valence-electron chi connectivity index (χ0n) is 11.8. The summed E-state index contributed by atoms with van der Waals surface area (Å²) in [6.07, 6.45) is 1.50. The lowest BCUT2D eigenvalue weighted by Gasteiger charge is -2.05. The fourth-order valence-electron chi connectivity index (χ4n) is 1.97. The quantitative estimate of drug-likeness (QED) is 0.805. The van der Waals surface area contributed by atoms with Gasteiger partial charge >= 0.3 is 0 Å². The molecule has 3 rings (SSSR count). The highest BCUT2D eigenvalue weighted by Gasteiger charge is 2.13. The minimum Gasteiger partial charge on any atom is -0.318 e. The first-order chi connectivity index (χ1) is 10.6. The molecule has 22 heavy (non-hydrogen) atoms. The SMILES string of the molecule is Cc1ccc(NC(=O)c2ncn(-c3ccccc3)n2)c(Cl)c1. The van der Waals surface area contributed by atoms with Crippen LogP contribution in [0.15, 0.2) is 54.9 Å². The van der Waals surface area contributed by atoms with Crippen LogP contribution in [0, 0.1) is 6.92 Å². The molecule has 0 bridgehead atoms. The third kappa shape index (κ3) is 2.99. The number of nitrogens with zero attached hydrogens (tertiary/aromatic N) is 3. The Balaban J connectivity index is 1.80. The van der Waals surface area contributed by atoms with Crippen LogP contribution in [0.5, 0.6) is 0 Å². The summed E-state index contributed by atoms with van der Waals surface area (Å²) in [6.45, 7) is 1.93. The summed E-state index contributed by atoms with van der Waals surface area (Å²) in [5.74, 6) is -0.319. The van der Waals surface area contributed by atoms with E-state index < -0.39 is 5.91 Å². The van der Waals surface area contributed by atoms with Crippen LogP contribution in [0.2, 0.25) is 5.02 Å². The van der Waals surface area contributed by atoms with Gasteiger partial charge in [0.05, 0.1) is 16.4 Å². The number of rotatable bonds is 3. The first-order valence-corrected chi connectivity index (χ1v) is 7.06. The van der Waals surface area contributed by atoms with Crippen LogP contribution in [0.1, 0.15) is 16.2 Å². The van der Waals surface area contributed by atoms with Crippen molar-refractivity contribution in [3.05, 3.63) is 71.3 Å². The Bertz CT molecular complexity index is 814. The first kappa shape index (κ1) is 14.3. The molecule has 5 nitrogen and oxygen atoms in total. The molecule has 1 aromatic heterocycles. The lowest BCUT2D eigenvalue weighted by atomic mass is 10.2. The van der Waals surface area contributed by atoms with Gasteiger partial charge in [-0.25, -0.2) is 9.67 Å². The van der Waals surface area contributed by atoms with Crippen molar-refractivity contribution < 1.29 is 4.79 Å². The van der Waals surface area contributed by atoms with E-state index in [1.54, 1.807) is 16.8 Å². The van der Waals surface area contributed by atoms with E-state index in [1.165, 1.54) is 6.33 Å². The zero-order valence-corrected chi connectivity index (χ0v) is 12.6. The number of nitrogens with one attached hydrogen (secondary N) is 1. The van der Waals surface area contributed by atoms with Crippen molar-refractivity contribution in [3.63, 3.8) is 0 Å². The molecular formula is C16H13ClN4O. The normalized spacial score (nSPS) is 10.5. The molecule has 0 unspecified atom stereocenters. The van der Waals surface area contributed by atoms with Crippen LogP contribution in [0.25, 0.3) is 5.69 Å². The van der Waals surface area contributed by atoms with Gasteiger partial charge in [-0.3, -0.25) is 4.79 Å². The average molecular weight is 313 g/mol. The molecule has 6 heteroatoms. The molecule has 0 aliphatic rings. The predicted molar refractivity (Wildman–Crippen MR) is 85.5 cm³/mol. The Kier molecular flexibility index (Phi) is 3.89. The highest BCUT2D eigenvalue weighted by Crippen LogP contribution is 2.23. The van der Waals surface area contributed by atoms with Gasteiger partial charge in [-0.1, -0.05) is 35.9 Å². The topological polar surface area (TPSA) is 59.8 Å². The molecule has 1 N–H and O–H groups in total. The fourth-order valence-corrected chi connectivity index (χ4v) is 2.25. The highest BCUT2D eigenvalue weighted by molar-refractivity contribution is 6.33. The van der Waals surface area contributed by atoms with E-state index >= 15 is 0 Å². The van der Waals surface area contributed by atoms with E-state index in [0.717, 1.165) is 11.3 Å². The number of carbonyl (C=O) groups excluding carboxylic acids is 1. The third-order valence-electron chi connectivity index (χ3n) is 3.09. The molecule has 0 saturated heterocycles. The number of hydrogen-bond acceptors (Lipinski definition) is 3. The summed E-state index contributed by atoms with van der Waals surface area (Å²) in [4.78, 5) is 16.2. The number of anilines is 1. The molecule has 0 atom stereocenters. The highest BCUT2D eigenvalue weighted by atomic mass is 35.5. The minimum absolute atomic E-state index is 0.0838. The van der Waals surface area contributed by atoms with E-state index in [4.69, 9.17) is 11.6 Å². The largest absolute Gasteiger partial charge is 0.318 e. The Morgan fingerprint density at radius 1 is 1.18 bits per heavy atom. The number of benzene rings is 2. The molecule has 0 fully saturated rings. The zero-order chi connectivity index (χ0) is 15.5. The van der Waals surface area contributed by atoms with Crippen LogP contribution in [0.4, 0.5) is 5.69 Å². The van der Waals surface area contributed by atoms with Gasteiger partial charge in [-0.2, -0.15) is 0 Å². The van der Waals surface area contributed by atoms with Gasteiger partial charge in [0, 0.05) is 0 Å². The monoisotopic (exact) mass is 312 g/mol. The summed E-state index contributed by atoms with van der Waals surface area (Å²) in [5.41, 5.74) is 2.39. The maximum absolute atomic E-state index is 12.2. The Labute approximate surface area is 132 Å². The fraction of sp³-hybridized carbons (Fsp3) is 0.0625. The Morgan fingerprint density at radius 2 is 1.95 bits per heavy atom. The Hall–Kier alpha value is -2.66. The van der Waals surface area contributed by atoms with Gasteiger partial charge in [-0.05, 0) is 36.8 Å². The summed E-state index contributed by atoms with van der Waals surface area (Å²) in [6, 6.07) is 14.9. The second-order valence-corrected chi connectivity index (χ2v) is 5.19. The van der Waals surface area contributed by atoms with E-state index in [1.807, 2.05) is 43.3 Å². The van der Waals surface area contributed by atoms with E-state index in [9.17, 15) is 4.79 Å². The maximum Gasteiger partial charge on any atom is 0.295 e. The van der Waals surface area contributed by atoms with Gasteiger partial charge in [0.15, 0.2) is 0 Å². The van der Waals surface area contributed by atoms with Gasteiger partial charge < -0.3 is 5.32 Å². The average Bonchev–Trinajstić information content (AvgIpc) is 3.01. The van der Waals surface area contributed by atoms with Crippen molar-refractivity contribution in [1.29, 1.82) is 0 Å². The molecule has 0 aliphatic carbocycles. The number of amides is 1. The van der Waals surface area contributed by atoms with Gasteiger partial charge in [0.2, 0.25) is 5.82 Å². The number of aryl methyl sites for hydroxylation is 1. The number of aromatic nitrogens is 3. The summed E-state index contributed by atoms with van der Waals surface area (Å²) in [5, 5.41) is 7.37. The second kappa shape index (κ2) is 5.99. The van der Waals surface area contributed by atoms with Crippen LogP contribution in [-0.4, -0.2) is 20.7 Å². The van der Waals surface area contributed by atoms with Crippen LogP contribution >= 0.6 is 11.6 Å². The van der Waals surface area contributed by atoms with Gasteiger partial charge in [-0.15, -0.1) is 5.10 Å². The molecule has 110 valence electrons. The van der Waals surface area contributed by atoms with E-state index in [0.29, 0.717) is 10.7 Å². The van der Waals surface area contributed by atoms with Crippen molar-refractivity contribution in [2.24, 2.45) is 0 Å². The lowest BCUT2D eigenvalue weighted by molar-refractivity contribution is 0.101. The van der Waals surface area contributed by atoms with Crippen molar-refractivity contribution in [2.75, 3.05) is 5.32 Å². The predicted octanol–water partition coefficient (Wildman–Crippen LogP) is 3.48. The van der Waals surface area contributed by atoms with E-state index in [2.05, 4.69) is 15.4 Å². The molecule has 0 saturated carbocycles. The van der Waals surface area contributed by atoms with Crippen molar-refractivity contribution in [3.8, 4) is 5.69 Å².